The van der Waals surface area contributed by atoms with E-state index in [0.717, 1.165) is 29.5 Å². The molecule has 0 saturated carbocycles. The number of likely N-dealkylation sites (tertiary alicyclic amines) is 1. The highest BCUT2D eigenvalue weighted by Gasteiger charge is 2.24. The van der Waals surface area contributed by atoms with Gasteiger partial charge in [0.15, 0.2) is 0 Å². The van der Waals surface area contributed by atoms with Gasteiger partial charge < -0.3 is 10.2 Å². The van der Waals surface area contributed by atoms with E-state index in [4.69, 9.17) is 0 Å². The first kappa shape index (κ1) is 17.2. The SMILES string of the molecule is CC(C)CC(=O)N1CCC(NC(=O)c2ccc(I)cc2)CC1. The number of halogens is 1. The van der Waals surface area contributed by atoms with Crippen molar-refractivity contribution in [3.63, 3.8) is 0 Å². The third-order valence-electron chi connectivity index (χ3n) is 3.87. The summed E-state index contributed by atoms with van der Waals surface area (Å²) in [5.41, 5.74) is 0.693. The second kappa shape index (κ2) is 7.94. The number of amides is 2. The van der Waals surface area contributed by atoms with Crippen molar-refractivity contribution in [3.05, 3.63) is 33.4 Å². The molecule has 2 rings (SSSR count). The van der Waals surface area contributed by atoms with E-state index in [2.05, 4.69) is 41.8 Å². The molecule has 5 heteroatoms. The maximum absolute atomic E-state index is 12.2. The first-order valence-electron chi connectivity index (χ1n) is 7.80. The van der Waals surface area contributed by atoms with Crippen LogP contribution in [-0.2, 0) is 4.79 Å². The Balaban J connectivity index is 1.81. The Morgan fingerprint density at radius 2 is 1.82 bits per heavy atom. The van der Waals surface area contributed by atoms with Gasteiger partial charge in [0.2, 0.25) is 5.91 Å². The van der Waals surface area contributed by atoms with E-state index in [1.165, 1.54) is 0 Å². The lowest BCUT2D eigenvalue weighted by atomic mass is 10.0. The minimum absolute atomic E-state index is 0.0247. The van der Waals surface area contributed by atoms with Crippen LogP contribution in [0.15, 0.2) is 24.3 Å². The number of nitrogens with zero attached hydrogens (tertiary/aromatic N) is 1. The molecule has 120 valence electrons. The largest absolute Gasteiger partial charge is 0.349 e. The van der Waals surface area contributed by atoms with Crippen LogP contribution >= 0.6 is 22.6 Å². The molecule has 0 atom stereocenters. The zero-order valence-electron chi connectivity index (χ0n) is 13.1. The molecule has 1 aliphatic rings. The van der Waals surface area contributed by atoms with Crippen LogP contribution in [0, 0.1) is 9.49 Å². The zero-order chi connectivity index (χ0) is 16.1. The molecule has 1 aromatic rings. The molecule has 2 amide bonds. The van der Waals surface area contributed by atoms with Gasteiger partial charge in [-0.2, -0.15) is 0 Å². The van der Waals surface area contributed by atoms with Crippen molar-refractivity contribution in [3.8, 4) is 0 Å². The molecule has 0 aromatic heterocycles. The molecular formula is C17H23IN2O2. The fraction of sp³-hybridized carbons (Fsp3) is 0.529. The lowest BCUT2D eigenvalue weighted by molar-refractivity contribution is -0.133. The average Bonchev–Trinajstić information content (AvgIpc) is 2.48. The molecule has 1 aromatic carbocycles. The summed E-state index contributed by atoms with van der Waals surface area (Å²) >= 11 is 2.22. The van der Waals surface area contributed by atoms with E-state index in [-0.39, 0.29) is 17.9 Å². The summed E-state index contributed by atoms with van der Waals surface area (Å²) in [6.07, 6.45) is 2.28. The fourth-order valence-corrected chi connectivity index (χ4v) is 2.98. The molecule has 4 nitrogen and oxygen atoms in total. The van der Waals surface area contributed by atoms with Crippen molar-refractivity contribution in [1.82, 2.24) is 10.2 Å². The van der Waals surface area contributed by atoms with Gasteiger partial charge in [-0.25, -0.2) is 0 Å². The summed E-state index contributed by atoms with van der Waals surface area (Å²) < 4.78 is 1.12. The maximum Gasteiger partial charge on any atom is 0.251 e. The van der Waals surface area contributed by atoms with Gasteiger partial charge in [0.1, 0.15) is 0 Å². The predicted octanol–water partition coefficient (Wildman–Crippen LogP) is 3.06. The molecule has 1 N–H and O–H groups in total. The number of piperidine rings is 1. The van der Waals surface area contributed by atoms with E-state index in [9.17, 15) is 9.59 Å². The van der Waals surface area contributed by atoms with Gasteiger partial charge in [-0.15, -0.1) is 0 Å². The van der Waals surface area contributed by atoms with Crippen molar-refractivity contribution in [1.29, 1.82) is 0 Å². The minimum Gasteiger partial charge on any atom is -0.349 e. The number of carbonyl (C=O) groups is 2. The zero-order valence-corrected chi connectivity index (χ0v) is 15.3. The molecule has 0 spiro atoms. The monoisotopic (exact) mass is 414 g/mol. The average molecular weight is 414 g/mol. The number of hydrogen-bond donors (Lipinski definition) is 1. The molecular weight excluding hydrogens is 391 g/mol. The molecule has 1 heterocycles. The Morgan fingerprint density at radius 1 is 1.23 bits per heavy atom. The summed E-state index contributed by atoms with van der Waals surface area (Å²) in [6, 6.07) is 7.72. The Kier molecular flexibility index (Phi) is 6.23. The number of carbonyl (C=O) groups excluding carboxylic acids is 2. The van der Waals surface area contributed by atoms with Crippen LogP contribution in [0.2, 0.25) is 0 Å². The van der Waals surface area contributed by atoms with Gasteiger partial charge in [0.25, 0.3) is 5.91 Å². The third kappa shape index (κ3) is 4.97. The van der Waals surface area contributed by atoms with E-state index in [0.29, 0.717) is 17.9 Å². The Hall–Kier alpha value is -1.11. The molecule has 1 aliphatic heterocycles. The third-order valence-corrected chi connectivity index (χ3v) is 4.59. The van der Waals surface area contributed by atoms with Crippen molar-refractivity contribution < 1.29 is 9.59 Å². The Morgan fingerprint density at radius 3 is 2.36 bits per heavy atom. The van der Waals surface area contributed by atoms with E-state index < -0.39 is 0 Å². The highest BCUT2D eigenvalue weighted by atomic mass is 127. The Bertz CT molecular complexity index is 520. The summed E-state index contributed by atoms with van der Waals surface area (Å²) in [6.45, 7) is 5.60. The Labute approximate surface area is 145 Å². The van der Waals surface area contributed by atoms with Gasteiger partial charge in [-0.1, -0.05) is 13.8 Å². The topological polar surface area (TPSA) is 49.4 Å². The molecule has 1 saturated heterocycles. The first-order chi connectivity index (χ1) is 10.5. The van der Waals surface area contributed by atoms with Crippen LogP contribution < -0.4 is 5.32 Å². The molecule has 22 heavy (non-hydrogen) atoms. The number of nitrogens with one attached hydrogen (secondary N) is 1. The molecule has 0 bridgehead atoms. The van der Waals surface area contributed by atoms with E-state index >= 15 is 0 Å². The summed E-state index contributed by atoms with van der Waals surface area (Å²) in [4.78, 5) is 26.1. The summed E-state index contributed by atoms with van der Waals surface area (Å²) in [5.74, 6) is 0.603. The lowest BCUT2D eigenvalue weighted by Crippen LogP contribution is -2.46. The van der Waals surface area contributed by atoms with Crippen molar-refractivity contribution in [2.75, 3.05) is 13.1 Å². The highest BCUT2D eigenvalue weighted by molar-refractivity contribution is 14.1. The summed E-state index contributed by atoms with van der Waals surface area (Å²) in [7, 11) is 0. The van der Waals surface area contributed by atoms with Gasteiger partial charge in [-0.05, 0) is 65.6 Å². The smallest absolute Gasteiger partial charge is 0.251 e. The lowest BCUT2D eigenvalue weighted by Gasteiger charge is -2.32. The highest BCUT2D eigenvalue weighted by Crippen LogP contribution is 2.14. The van der Waals surface area contributed by atoms with Crippen LogP contribution in [0.3, 0.4) is 0 Å². The maximum atomic E-state index is 12.2. The minimum atomic E-state index is -0.0247. The van der Waals surface area contributed by atoms with Crippen LogP contribution in [0.4, 0.5) is 0 Å². The standard InChI is InChI=1S/C17H23IN2O2/c1-12(2)11-16(21)20-9-7-15(8-10-20)19-17(22)13-3-5-14(18)6-4-13/h3-6,12,15H,7-11H2,1-2H3,(H,19,22). The first-order valence-corrected chi connectivity index (χ1v) is 8.88. The summed E-state index contributed by atoms with van der Waals surface area (Å²) in [5, 5.41) is 3.08. The van der Waals surface area contributed by atoms with E-state index in [1.54, 1.807) is 0 Å². The van der Waals surface area contributed by atoms with Crippen LogP contribution in [0.5, 0.6) is 0 Å². The predicted molar refractivity (Wildman–Crippen MR) is 95.7 cm³/mol. The van der Waals surface area contributed by atoms with Crippen molar-refractivity contribution in [2.24, 2.45) is 5.92 Å². The van der Waals surface area contributed by atoms with Crippen molar-refractivity contribution in [2.45, 2.75) is 39.2 Å². The second-order valence-corrected chi connectivity index (χ2v) is 7.48. The quantitative estimate of drug-likeness (QED) is 0.771. The number of hydrogen-bond acceptors (Lipinski definition) is 2. The van der Waals surface area contributed by atoms with E-state index in [1.807, 2.05) is 29.2 Å². The molecule has 0 radical (unpaired) electrons. The van der Waals surface area contributed by atoms with Gasteiger partial charge in [0.05, 0.1) is 0 Å². The van der Waals surface area contributed by atoms with Crippen LogP contribution in [-0.4, -0.2) is 35.8 Å². The van der Waals surface area contributed by atoms with Crippen molar-refractivity contribution >= 4 is 34.4 Å². The molecule has 0 unspecified atom stereocenters. The molecule has 1 fully saturated rings. The van der Waals surface area contributed by atoms with Crippen LogP contribution in [0.25, 0.3) is 0 Å². The normalized spacial score (nSPS) is 15.9. The van der Waals surface area contributed by atoms with Crippen LogP contribution in [0.1, 0.15) is 43.5 Å². The second-order valence-electron chi connectivity index (χ2n) is 6.23. The molecule has 0 aliphatic carbocycles. The fourth-order valence-electron chi connectivity index (χ4n) is 2.62. The number of rotatable bonds is 4. The van der Waals surface area contributed by atoms with Gasteiger partial charge >= 0.3 is 0 Å². The van der Waals surface area contributed by atoms with Gasteiger partial charge in [0, 0.05) is 34.7 Å². The number of benzene rings is 1. The van der Waals surface area contributed by atoms with Gasteiger partial charge in [-0.3, -0.25) is 9.59 Å².